The second kappa shape index (κ2) is 2.89. The second-order valence-electron chi connectivity index (χ2n) is 4.44. The lowest BCUT2D eigenvalue weighted by Gasteiger charge is -2.25. The molecular formula is C9H15BrO. The molecule has 2 atom stereocenters. The SMILES string of the molecule is CC(C)(C)C1CC(=O)C(Br)C1. The van der Waals surface area contributed by atoms with Gasteiger partial charge in [-0.2, -0.15) is 0 Å². The highest BCUT2D eigenvalue weighted by atomic mass is 79.9. The molecule has 1 aliphatic carbocycles. The Kier molecular flexibility index (Phi) is 2.43. The van der Waals surface area contributed by atoms with Crippen LogP contribution in [0.5, 0.6) is 0 Å². The highest BCUT2D eigenvalue weighted by Gasteiger charge is 2.37. The Morgan fingerprint density at radius 3 is 2.18 bits per heavy atom. The number of carbonyl (C=O) groups is 1. The lowest BCUT2D eigenvalue weighted by atomic mass is 9.80. The number of alkyl halides is 1. The standard InChI is InChI=1S/C9H15BrO/c1-9(2,3)6-4-7(10)8(11)5-6/h6-7H,4-5H2,1-3H3. The van der Waals surface area contributed by atoms with E-state index < -0.39 is 0 Å². The van der Waals surface area contributed by atoms with Crippen molar-refractivity contribution in [1.82, 2.24) is 0 Å². The Morgan fingerprint density at radius 2 is 2.00 bits per heavy atom. The van der Waals surface area contributed by atoms with Gasteiger partial charge >= 0.3 is 0 Å². The third kappa shape index (κ3) is 2.05. The first kappa shape index (κ1) is 9.24. The summed E-state index contributed by atoms with van der Waals surface area (Å²) in [6.07, 6.45) is 1.78. The Labute approximate surface area is 76.7 Å². The van der Waals surface area contributed by atoms with Crippen LogP contribution in [-0.4, -0.2) is 10.6 Å². The van der Waals surface area contributed by atoms with Crippen LogP contribution in [0.15, 0.2) is 0 Å². The molecule has 0 aromatic heterocycles. The molecule has 0 amide bonds. The molecule has 0 aliphatic heterocycles. The molecule has 0 aromatic rings. The van der Waals surface area contributed by atoms with E-state index in [4.69, 9.17) is 0 Å². The van der Waals surface area contributed by atoms with Crippen molar-refractivity contribution in [3.63, 3.8) is 0 Å². The molecular weight excluding hydrogens is 204 g/mol. The normalized spacial score (nSPS) is 32.9. The first-order chi connectivity index (χ1) is 4.91. The van der Waals surface area contributed by atoms with Crippen LogP contribution in [0.4, 0.5) is 0 Å². The van der Waals surface area contributed by atoms with Crippen molar-refractivity contribution in [3.05, 3.63) is 0 Å². The van der Waals surface area contributed by atoms with Gasteiger partial charge in [0.15, 0.2) is 0 Å². The minimum Gasteiger partial charge on any atom is -0.298 e. The van der Waals surface area contributed by atoms with Crippen molar-refractivity contribution < 1.29 is 4.79 Å². The van der Waals surface area contributed by atoms with Gasteiger partial charge in [-0.1, -0.05) is 36.7 Å². The van der Waals surface area contributed by atoms with E-state index in [0.29, 0.717) is 11.7 Å². The van der Waals surface area contributed by atoms with Crippen molar-refractivity contribution in [2.75, 3.05) is 0 Å². The molecule has 2 unspecified atom stereocenters. The Balaban J connectivity index is 2.61. The van der Waals surface area contributed by atoms with Crippen LogP contribution in [0.1, 0.15) is 33.6 Å². The van der Waals surface area contributed by atoms with Crippen molar-refractivity contribution in [2.24, 2.45) is 11.3 Å². The summed E-state index contributed by atoms with van der Waals surface area (Å²) < 4.78 is 0. The number of hydrogen-bond donors (Lipinski definition) is 0. The fourth-order valence-corrected chi connectivity index (χ4v) is 2.13. The second-order valence-corrected chi connectivity index (χ2v) is 5.54. The van der Waals surface area contributed by atoms with Crippen LogP contribution in [0.2, 0.25) is 0 Å². The third-order valence-corrected chi connectivity index (χ3v) is 3.40. The van der Waals surface area contributed by atoms with Gasteiger partial charge in [-0.3, -0.25) is 4.79 Å². The lowest BCUT2D eigenvalue weighted by molar-refractivity contribution is -0.117. The van der Waals surface area contributed by atoms with Gasteiger partial charge in [-0.05, 0) is 17.8 Å². The predicted octanol–water partition coefficient (Wildman–Crippen LogP) is 2.78. The van der Waals surface area contributed by atoms with E-state index >= 15 is 0 Å². The van der Waals surface area contributed by atoms with E-state index in [0.717, 1.165) is 12.8 Å². The van der Waals surface area contributed by atoms with E-state index in [1.54, 1.807) is 0 Å². The molecule has 1 saturated carbocycles. The van der Waals surface area contributed by atoms with Gasteiger partial charge < -0.3 is 0 Å². The molecule has 0 saturated heterocycles. The van der Waals surface area contributed by atoms with Gasteiger partial charge in [-0.15, -0.1) is 0 Å². The molecule has 64 valence electrons. The molecule has 0 radical (unpaired) electrons. The first-order valence-electron chi connectivity index (χ1n) is 4.08. The number of rotatable bonds is 0. The molecule has 0 bridgehead atoms. The zero-order valence-electron chi connectivity index (χ0n) is 7.36. The summed E-state index contributed by atoms with van der Waals surface area (Å²) in [5.74, 6) is 0.948. The highest BCUT2D eigenvalue weighted by Crippen LogP contribution is 2.39. The van der Waals surface area contributed by atoms with Crippen molar-refractivity contribution in [2.45, 2.75) is 38.4 Å². The number of Topliss-reactive ketones (excluding diaryl/α,β-unsaturated/α-hetero) is 1. The molecule has 0 aromatic carbocycles. The van der Waals surface area contributed by atoms with Gasteiger partial charge in [0.05, 0.1) is 4.83 Å². The maximum absolute atomic E-state index is 11.2. The Hall–Kier alpha value is 0.150. The molecule has 0 heterocycles. The van der Waals surface area contributed by atoms with Crippen LogP contribution in [0, 0.1) is 11.3 Å². The summed E-state index contributed by atoms with van der Waals surface area (Å²) in [6, 6.07) is 0. The average Bonchev–Trinajstić information content (AvgIpc) is 2.11. The molecule has 1 rings (SSSR count). The largest absolute Gasteiger partial charge is 0.298 e. The van der Waals surface area contributed by atoms with Crippen LogP contribution in [-0.2, 0) is 4.79 Å². The van der Waals surface area contributed by atoms with Crippen LogP contribution < -0.4 is 0 Å². The van der Waals surface area contributed by atoms with Crippen LogP contribution >= 0.6 is 15.9 Å². The van der Waals surface area contributed by atoms with Crippen molar-refractivity contribution in [3.8, 4) is 0 Å². The molecule has 2 heteroatoms. The zero-order valence-corrected chi connectivity index (χ0v) is 8.94. The molecule has 0 N–H and O–H groups in total. The number of hydrogen-bond acceptors (Lipinski definition) is 1. The van der Waals surface area contributed by atoms with Gasteiger partial charge in [-0.25, -0.2) is 0 Å². The molecule has 0 spiro atoms. The van der Waals surface area contributed by atoms with Crippen LogP contribution in [0.25, 0.3) is 0 Å². The van der Waals surface area contributed by atoms with Gasteiger partial charge in [0.1, 0.15) is 5.78 Å². The topological polar surface area (TPSA) is 17.1 Å². The maximum atomic E-state index is 11.2. The highest BCUT2D eigenvalue weighted by molar-refractivity contribution is 9.10. The summed E-state index contributed by atoms with van der Waals surface area (Å²) in [5, 5.41) is 0. The van der Waals surface area contributed by atoms with Gasteiger partial charge in [0, 0.05) is 6.42 Å². The zero-order chi connectivity index (χ0) is 8.65. The number of carbonyl (C=O) groups excluding carboxylic acids is 1. The number of ketones is 1. The Morgan fingerprint density at radius 1 is 1.45 bits per heavy atom. The molecule has 1 aliphatic rings. The summed E-state index contributed by atoms with van der Waals surface area (Å²) in [6.45, 7) is 6.61. The van der Waals surface area contributed by atoms with Crippen LogP contribution in [0.3, 0.4) is 0 Å². The van der Waals surface area contributed by atoms with E-state index in [1.165, 1.54) is 0 Å². The summed E-state index contributed by atoms with van der Waals surface area (Å²) in [7, 11) is 0. The first-order valence-corrected chi connectivity index (χ1v) is 4.99. The third-order valence-electron chi connectivity index (χ3n) is 2.51. The summed E-state index contributed by atoms with van der Waals surface area (Å²) in [4.78, 5) is 11.3. The minimum absolute atomic E-state index is 0.131. The van der Waals surface area contributed by atoms with E-state index in [2.05, 4.69) is 36.7 Å². The van der Waals surface area contributed by atoms with E-state index in [1.807, 2.05) is 0 Å². The van der Waals surface area contributed by atoms with Gasteiger partial charge in [0.2, 0.25) is 0 Å². The fourth-order valence-electron chi connectivity index (χ4n) is 1.50. The monoisotopic (exact) mass is 218 g/mol. The summed E-state index contributed by atoms with van der Waals surface area (Å²) in [5.41, 5.74) is 0.290. The Bertz CT molecular complexity index is 169. The molecule has 11 heavy (non-hydrogen) atoms. The maximum Gasteiger partial charge on any atom is 0.146 e. The lowest BCUT2D eigenvalue weighted by Crippen LogP contribution is -2.17. The smallest absolute Gasteiger partial charge is 0.146 e. The molecule has 1 nitrogen and oxygen atoms in total. The van der Waals surface area contributed by atoms with E-state index in [9.17, 15) is 4.79 Å². The van der Waals surface area contributed by atoms with Crippen molar-refractivity contribution in [1.29, 1.82) is 0 Å². The fraction of sp³-hybridized carbons (Fsp3) is 0.889. The number of halogens is 1. The van der Waals surface area contributed by atoms with Crippen molar-refractivity contribution >= 4 is 21.7 Å². The van der Waals surface area contributed by atoms with E-state index in [-0.39, 0.29) is 10.2 Å². The quantitative estimate of drug-likeness (QED) is 0.572. The summed E-state index contributed by atoms with van der Waals surface area (Å²) >= 11 is 3.39. The average molecular weight is 219 g/mol. The molecule has 1 fully saturated rings. The van der Waals surface area contributed by atoms with Gasteiger partial charge in [0.25, 0.3) is 0 Å². The minimum atomic E-state index is 0.131. The predicted molar refractivity (Wildman–Crippen MR) is 49.9 cm³/mol.